The minimum Gasteiger partial charge on any atom is -0.467 e. The third-order valence-corrected chi connectivity index (χ3v) is 8.07. The number of carbonyl (C=O) groups excluding carboxylic acids is 1. The third-order valence-electron chi connectivity index (χ3n) is 7.78. The van der Waals surface area contributed by atoms with Crippen LogP contribution in [-0.4, -0.2) is 65.3 Å². The maximum atomic E-state index is 13.8. The first kappa shape index (κ1) is 32.6. The molecule has 2 amide bonds. The van der Waals surface area contributed by atoms with E-state index in [9.17, 15) is 18.0 Å². The first-order valence-electron chi connectivity index (χ1n) is 14.9. The summed E-state index contributed by atoms with van der Waals surface area (Å²) in [7, 11) is 1.47. The predicted molar refractivity (Wildman–Crippen MR) is 170 cm³/mol. The Balaban J connectivity index is 1.21. The number of urea groups is 1. The molecular weight excluding hydrogens is 651 g/mol. The zero-order valence-electron chi connectivity index (χ0n) is 25.4. The van der Waals surface area contributed by atoms with Crippen LogP contribution in [0.1, 0.15) is 36.8 Å². The summed E-state index contributed by atoms with van der Waals surface area (Å²) in [5, 5.41) is 12.4. The standard InChI is InChI=1S/C31H29ClF3N11O2/c1-48-29-38-14-19(15-39-29)27-36-12-11-24(43-27)46(30(47)40-13-18-5-3-2-4-6-18)21-9-7-20(8-10-21)42-28-37-16-22(31(33,34)35)25(44-28)26-23(32)17-41-45-26/h2-6,11-12,14-17,20-21H,7-10,13H2,1H3,(H,40,47)(H,41,45)(H,37,42,44). The molecule has 17 heteroatoms. The fraction of sp³-hybridized carbons (Fsp3) is 0.290. The summed E-state index contributed by atoms with van der Waals surface area (Å²) in [6.45, 7) is 0.311. The lowest BCUT2D eigenvalue weighted by Crippen LogP contribution is -2.49. The molecule has 48 heavy (non-hydrogen) atoms. The van der Waals surface area contributed by atoms with E-state index in [4.69, 9.17) is 21.3 Å². The van der Waals surface area contributed by atoms with Crippen LogP contribution in [0.15, 0.2) is 67.4 Å². The minimum absolute atomic E-state index is 0.00341. The monoisotopic (exact) mass is 679 g/mol. The molecule has 6 rings (SSSR count). The number of alkyl halides is 3. The Bertz CT molecular complexity index is 1850. The predicted octanol–water partition coefficient (Wildman–Crippen LogP) is 5.93. The van der Waals surface area contributed by atoms with Gasteiger partial charge in [-0.3, -0.25) is 10.00 Å². The van der Waals surface area contributed by atoms with Gasteiger partial charge in [-0.25, -0.2) is 34.7 Å². The highest BCUT2D eigenvalue weighted by molar-refractivity contribution is 6.32. The number of ether oxygens (including phenoxy) is 1. The molecule has 3 N–H and O–H groups in total. The number of H-pyrrole nitrogens is 1. The summed E-state index contributed by atoms with van der Waals surface area (Å²) in [5.41, 5.74) is -0.0159. The molecule has 4 aromatic heterocycles. The van der Waals surface area contributed by atoms with Crippen LogP contribution in [0.2, 0.25) is 5.02 Å². The van der Waals surface area contributed by atoms with Gasteiger partial charge in [0, 0.05) is 43.4 Å². The van der Waals surface area contributed by atoms with Gasteiger partial charge in [-0.05, 0) is 37.3 Å². The van der Waals surface area contributed by atoms with Gasteiger partial charge in [-0.1, -0.05) is 41.9 Å². The van der Waals surface area contributed by atoms with Gasteiger partial charge in [-0.2, -0.15) is 18.3 Å². The number of anilines is 2. The lowest BCUT2D eigenvalue weighted by atomic mass is 9.90. The van der Waals surface area contributed by atoms with Gasteiger partial charge in [0.2, 0.25) is 5.95 Å². The zero-order chi connectivity index (χ0) is 33.7. The Morgan fingerprint density at radius 2 is 1.75 bits per heavy atom. The van der Waals surface area contributed by atoms with Gasteiger partial charge in [0.1, 0.15) is 22.8 Å². The molecule has 0 saturated heterocycles. The largest absolute Gasteiger partial charge is 0.467 e. The van der Waals surface area contributed by atoms with Crippen molar-refractivity contribution in [3.63, 3.8) is 0 Å². The van der Waals surface area contributed by atoms with E-state index >= 15 is 0 Å². The number of benzene rings is 1. The van der Waals surface area contributed by atoms with E-state index in [2.05, 4.69) is 45.8 Å². The Morgan fingerprint density at radius 3 is 2.42 bits per heavy atom. The number of halogens is 4. The van der Waals surface area contributed by atoms with E-state index in [0.717, 1.165) is 11.8 Å². The van der Waals surface area contributed by atoms with Gasteiger partial charge in [0.05, 0.1) is 23.9 Å². The fourth-order valence-electron chi connectivity index (χ4n) is 5.42. The van der Waals surface area contributed by atoms with Gasteiger partial charge in [-0.15, -0.1) is 0 Å². The van der Waals surface area contributed by atoms with Gasteiger partial charge in [0.25, 0.3) is 0 Å². The molecule has 0 atom stereocenters. The summed E-state index contributed by atoms with van der Waals surface area (Å²) in [4.78, 5) is 40.8. The topological polar surface area (TPSA) is 160 Å². The second kappa shape index (κ2) is 14.2. The number of rotatable bonds is 9. The van der Waals surface area contributed by atoms with Crippen LogP contribution >= 0.6 is 11.6 Å². The number of nitrogens with one attached hydrogen (secondary N) is 3. The summed E-state index contributed by atoms with van der Waals surface area (Å²) < 4.78 is 46.3. The van der Waals surface area contributed by atoms with Crippen molar-refractivity contribution in [3.8, 4) is 28.8 Å². The normalized spacial score (nSPS) is 16.3. The SMILES string of the molecule is COc1ncc(-c2nccc(N(C(=O)NCc3ccccc3)C3CCC(Nc4ncc(C(F)(F)F)c(-c5[nH]ncc5Cl)n4)CC3)n2)cn1. The molecule has 0 unspecified atom stereocenters. The Hall–Kier alpha value is -5.38. The average Bonchev–Trinajstić information content (AvgIpc) is 3.54. The van der Waals surface area contributed by atoms with Gasteiger partial charge in [0.15, 0.2) is 5.82 Å². The van der Waals surface area contributed by atoms with Crippen molar-refractivity contribution in [2.75, 3.05) is 17.3 Å². The molecule has 13 nitrogen and oxygen atoms in total. The lowest BCUT2D eigenvalue weighted by Gasteiger charge is -2.36. The smallest absolute Gasteiger partial charge is 0.420 e. The van der Waals surface area contributed by atoms with E-state index in [1.807, 2.05) is 30.3 Å². The van der Waals surface area contributed by atoms with Crippen molar-refractivity contribution in [2.45, 2.75) is 50.5 Å². The summed E-state index contributed by atoms with van der Waals surface area (Å²) in [5.74, 6) is 0.746. The molecule has 1 aliphatic carbocycles. The molecule has 0 bridgehead atoms. The Morgan fingerprint density at radius 1 is 1.00 bits per heavy atom. The van der Waals surface area contributed by atoms with Crippen LogP contribution < -0.4 is 20.3 Å². The molecule has 0 radical (unpaired) electrons. The number of amides is 2. The number of nitrogens with zero attached hydrogens (tertiary/aromatic N) is 8. The molecule has 4 heterocycles. The van der Waals surface area contributed by atoms with E-state index in [1.54, 1.807) is 17.2 Å². The third kappa shape index (κ3) is 7.43. The maximum Gasteiger partial charge on any atom is 0.420 e. The number of aromatic nitrogens is 8. The fourth-order valence-corrected chi connectivity index (χ4v) is 5.60. The summed E-state index contributed by atoms with van der Waals surface area (Å²) in [6, 6.07) is 10.6. The molecular formula is C31H29ClF3N11O2. The highest BCUT2D eigenvalue weighted by Crippen LogP contribution is 2.38. The first-order valence-corrected chi connectivity index (χ1v) is 15.3. The second-order valence-electron chi connectivity index (χ2n) is 10.9. The quantitative estimate of drug-likeness (QED) is 0.170. The first-order chi connectivity index (χ1) is 23.2. The van der Waals surface area contributed by atoms with E-state index in [0.29, 0.717) is 49.4 Å². The average molecular weight is 680 g/mol. The van der Waals surface area contributed by atoms with Crippen LogP contribution in [0.5, 0.6) is 6.01 Å². The molecule has 248 valence electrons. The van der Waals surface area contributed by atoms with Crippen molar-refractivity contribution >= 4 is 29.4 Å². The van der Waals surface area contributed by atoms with Crippen LogP contribution in [0, 0.1) is 0 Å². The Labute approximate surface area is 277 Å². The van der Waals surface area contributed by atoms with Crippen molar-refractivity contribution in [1.82, 2.24) is 45.4 Å². The van der Waals surface area contributed by atoms with E-state index in [-0.39, 0.29) is 40.8 Å². The van der Waals surface area contributed by atoms with Gasteiger partial charge < -0.3 is 15.4 Å². The molecule has 1 saturated carbocycles. The number of hydrogen-bond acceptors (Lipinski definition) is 10. The molecule has 5 aromatic rings. The van der Waals surface area contributed by atoms with E-state index < -0.39 is 17.4 Å². The van der Waals surface area contributed by atoms with Crippen LogP contribution in [0.3, 0.4) is 0 Å². The zero-order valence-corrected chi connectivity index (χ0v) is 26.2. The minimum atomic E-state index is -4.70. The molecule has 1 aromatic carbocycles. The second-order valence-corrected chi connectivity index (χ2v) is 11.3. The maximum absolute atomic E-state index is 13.8. The Kier molecular flexibility index (Phi) is 9.61. The number of aromatic amines is 1. The summed E-state index contributed by atoms with van der Waals surface area (Å²) >= 11 is 6.08. The number of carbonyl (C=O) groups is 1. The molecule has 1 aliphatic rings. The van der Waals surface area contributed by atoms with Crippen molar-refractivity contribution in [2.24, 2.45) is 0 Å². The van der Waals surface area contributed by atoms with E-state index in [1.165, 1.54) is 25.7 Å². The molecule has 0 spiro atoms. The number of hydrogen-bond donors (Lipinski definition) is 3. The van der Waals surface area contributed by atoms with Crippen LogP contribution in [0.25, 0.3) is 22.8 Å². The van der Waals surface area contributed by atoms with Gasteiger partial charge >= 0.3 is 18.2 Å². The number of methoxy groups -OCH3 is 1. The van der Waals surface area contributed by atoms with Crippen molar-refractivity contribution in [1.29, 1.82) is 0 Å². The highest BCUT2D eigenvalue weighted by atomic mass is 35.5. The lowest BCUT2D eigenvalue weighted by molar-refractivity contribution is -0.137. The molecule has 0 aliphatic heterocycles. The van der Waals surface area contributed by atoms with Crippen LogP contribution in [-0.2, 0) is 12.7 Å². The molecule has 1 fully saturated rings. The highest BCUT2D eigenvalue weighted by Gasteiger charge is 2.37. The van der Waals surface area contributed by atoms with Crippen molar-refractivity contribution < 1.29 is 22.7 Å². The van der Waals surface area contributed by atoms with Crippen molar-refractivity contribution in [3.05, 3.63) is 83.5 Å². The van der Waals surface area contributed by atoms with Crippen LogP contribution in [0.4, 0.5) is 29.7 Å². The summed E-state index contributed by atoms with van der Waals surface area (Å²) in [6.07, 6.45) is 4.14.